The van der Waals surface area contributed by atoms with Gasteiger partial charge in [0.05, 0.1) is 12.1 Å². The lowest BCUT2D eigenvalue weighted by Crippen LogP contribution is -2.39. The van der Waals surface area contributed by atoms with Crippen molar-refractivity contribution in [1.82, 2.24) is 9.80 Å². The molecular weight excluding hydrogens is 272 g/mol. The molecule has 0 bridgehead atoms. The van der Waals surface area contributed by atoms with E-state index in [-0.39, 0.29) is 5.91 Å². The van der Waals surface area contributed by atoms with Gasteiger partial charge < -0.3 is 10.0 Å². The first-order valence-corrected chi connectivity index (χ1v) is 8.10. The highest BCUT2D eigenvalue weighted by molar-refractivity contribution is 7.07. The molecule has 2 heterocycles. The summed E-state index contributed by atoms with van der Waals surface area (Å²) in [7, 11) is 1.86. The Labute approximate surface area is 125 Å². The number of likely N-dealkylation sites (tertiary alicyclic amines) is 1. The standard InChI is InChI=1S/C15H24N2O2S/c1-15(19)5-3-7-17(8-6-15)11-14(18)16(2)10-13-4-9-20-12-13/h4,9,12,19H,3,5-8,10-11H2,1-2H3. The van der Waals surface area contributed by atoms with Gasteiger partial charge in [0.2, 0.25) is 5.91 Å². The van der Waals surface area contributed by atoms with Crippen molar-refractivity contribution < 1.29 is 9.90 Å². The monoisotopic (exact) mass is 296 g/mol. The summed E-state index contributed by atoms with van der Waals surface area (Å²) in [5, 5.41) is 14.2. The first-order chi connectivity index (χ1) is 9.46. The second-order valence-electron chi connectivity index (χ2n) is 6.01. The minimum absolute atomic E-state index is 0.151. The Morgan fingerprint density at radius 2 is 2.30 bits per heavy atom. The van der Waals surface area contributed by atoms with Crippen LogP contribution in [0.4, 0.5) is 0 Å². The molecule has 0 aromatic carbocycles. The molecule has 1 N–H and O–H groups in total. The first-order valence-electron chi connectivity index (χ1n) is 7.16. The molecule has 0 aliphatic carbocycles. The molecule has 1 saturated heterocycles. The number of hydrogen-bond donors (Lipinski definition) is 1. The normalized spacial score (nSPS) is 24.4. The van der Waals surface area contributed by atoms with Crippen LogP contribution in [0.25, 0.3) is 0 Å². The van der Waals surface area contributed by atoms with E-state index in [0.717, 1.165) is 32.4 Å². The van der Waals surface area contributed by atoms with Crippen molar-refractivity contribution >= 4 is 17.2 Å². The molecule has 20 heavy (non-hydrogen) atoms. The fourth-order valence-electron chi connectivity index (χ4n) is 2.53. The van der Waals surface area contributed by atoms with Gasteiger partial charge in [0.25, 0.3) is 0 Å². The molecule has 1 aliphatic heterocycles. The maximum atomic E-state index is 12.2. The van der Waals surface area contributed by atoms with E-state index in [4.69, 9.17) is 0 Å². The Morgan fingerprint density at radius 3 is 3.00 bits per heavy atom. The maximum absolute atomic E-state index is 12.2. The number of nitrogens with zero attached hydrogens (tertiary/aromatic N) is 2. The summed E-state index contributed by atoms with van der Waals surface area (Å²) in [4.78, 5) is 16.2. The highest BCUT2D eigenvalue weighted by Gasteiger charge is 2.26. The number of carbonyl (C=O) groups excluding carboxylic acids is 1. The predicted octanol–water partition coefficient (Wildman–Crippen LogP) is 1.94. The van der Waals surface area contributed by atoms with Crippen LogP contribution in [0.2, 0.25) is 0 Å². The topological polar surface area (TPSA) is 43.8 Å². The zero-order chi connectivity index (χ0) is 14.6. The molecule has 112 valence electrons. The third-order valence-electron chi connectivity index (χ3n) is 3.94. The largest absolute Gasteiger partial charge is 0.390 e. The molecule has 0 saturated carbocycles. The fourth-order valence-corrected chi connectivity index (χ4v) is 3.19. The Bertz CT molecular complexity index is 431. The second kappa shape index (κ2) is 6.70. The number of carbonyl (C=O) groups is 1. The molecular formula is C15H24N2O2S. The van der Waals surface area contributed by atoms with Crippen molar-refractivity contribution in [2.45, 2.75) is 38.3 Å². The summed E-state index contributed by atoms with van der Waals surface area (Å²) in [6, 6.07) is 2.05. The van der Waals surface area contributed by atoms with Crippen molar-refractivity contribution in [3.05, 3.63) is 22.4 Å². The van der Waals surface area contributed by atoms with Gasteiger partial charge >= 0.3 is 0 Å². The van der Waals surface area contributed by atoms with Crippen molar-refractivity contribution in [3.63, 3.8) is 0 Å². The van der Waals surface area contributed by atoms with Gasteiger partial charge in [0.1, 0.15) is 0 Å². The smallest absolute Gasteiger partial charge is 0.236 e. The number of rotatable bonds is 4. The highest BCUT2D eigenvalue weighted by Crippen LogP contribution is 2.21. The lowest BCUT2D eigenvalue weighted by Gasteiger charge is -2.24. The summed E-state index contributed by atoms with van der Waals surface area (Å²) in [6.07, 6.45) is 2.52. The van der Waals surface area contributed by atoms with Gasteiger partial charge in [0.15, 0.2) is 0 Å². The third-order valence-corrected chi connectivity index (χ3v) is 4.67. The molecule has 0 spiro atoms. The van der Waals surface area contributed by atoms with Gasteiger partial charge in [0, 0.05) is 20.1 Å². The highest BCUT2D eigenvalue weighted by atomic mass is 32.1. The average molecular weight is 296 g/mol. The molecule has 1 aliphatic rings. The van der Waals surface area contributed by atoms with Crippen LogP contribution in [0.3, 0.4) is 0 Å². The number of amides is 1. The van der Waals surface area contributed by atoms with Crippen LogP contribution in [0.15, 0.2) is 16.8 Å². The number of thiophene rings is 1. The van der Waals surface area contributed by atoms with Gasteiger partial charge in [-0.1, -0.05) is 0 Å². The third kappa shape index (κ3) is 4.58. The van der Waals surface area contributed by atoms with Gasteiger partial charge in [-0.15, -0.1) is 0 Å². The zero-order valence-corrected chi connectivity index (χ0v) is 13.2. The lowest BCUT2D eigenvalue weighted by atomic mass is 9.98. The minimum Gasteiger partial charge on any atom is -0.390 e. The van der Waals surface area contributed by atoms with E-state index >= 15 is 0 Å². The summed E-state index contributed by atoms with van der Waals surface area (Å²) in [6.45, 7) is 4.71. The van der Waals surface area contributed by atoms with E-state index in [0.29, 0.717) is 13.1 Å². The van der Waals surface area contributed by atoms with E-state index in [9.17, 15) is 9.90 Å². The van der Waals surface area contributed by atoms with E-state index in [2.05, 4.69) is 16.3 Å². The zero-order valence-electron chi connectivity index (χ0n) is 12.3. The van der Waals surface area contributed by atoms with Crippen LogP contribution in [0.5, 0.6) is 0 Å². The predicted molar refractivity (Wildman–Crippen MR) is 81.7 cm³/mol. The molecule has 1 atom stereocenters. The van der Waals surface area contributed by atoms with Crippen LogP contribution in [-0.2, 0) is 11.3 Å². The molecule has 1 unspecified atom stereocenters. The molecule has 2 rings (SSSR count). The molecule has 5 heteroatoms. The van der Waals surface area contributed by atoms with Crippen LogP contribution < -0.4 is 0 Å². The number of aliphatic hydroxyl groups is 1. The maximum Gasteiger partial charge on any atom is 0.236 e. The lowest BCUT2D eigenvalue weighted by molar-refractivity contribution is -0.131. The van der Waals surface area contributed by atoms with Crippen LogP contribution in [0, 0.1) is 0 Å². The van der Waals surface area contributed by atoms with E-state index < -0.39 is 5.60 Å². The number of likely N-dealkylation sites (N-methyl/N-ethyl adjacent to an activating group) is 1. The SMILES string of the molecule is CN(Cc1ccsc1)C(=O)CN1CCCC(C)(O)CC1. The van der Waals surface area contributed by atoms with Crippen LogP contribution >= 0.6 is 11.3 Å². The summed E-state index contributed by atoms with van der Waals surface area (Å²) < 4.78 is 0. The van der Waals surface area contributed by atoms with E-state index in [1.54, 1.807) is 16.2 Å². The molecule has 0 radical (unpaired) electrons. The van der Waals surface area contributed by atoms with Gasteiger partial charge in [-0.2, -0.15) is 11.3 Å². The van der Waals surface area contributed by atoms with Crippen molar-refractivity contribution in [2.75, 3.05) is 26.7 Å². The Morgan fingerprint density at radius 1 is 1.50 bits per heavy atom. The first kappa shape index (κ1) is 15.5. The Hall–Kier alpha value is -0.910. The molecule has 1 fully saturated rings. The molecule has 1 aromatic rings. The van der Waals surface area contributed by atoms with Crippen molar-refractivity contribution in [3.8, 4) is 0 Å². The molecule has 1 amide bonds. The van der Waals surface area contributed by atoms with E-state index in [1.807, 2.05) is 19.4 Å². The average Bonchev–Trinajstić information content (AvgIpc) is 2.82. The van der Waals surface area contributed by atoms with E-state index in [1.165, 1.54) is 5.56 Å². The minimum atomic E-state index is -0.569. The molecule has 4 nitrogen and oxygen atoms in total. The Kier molecular flexibility index (Phi) is 5.18. The molecule has 1 aromatic heterocycles. The number of hydrogen-bond acceptors (Lipinski definition) is 4. The van der Waals surface area contributed by atoms with Crippen molar-refractivity contribution in [2.24, 2.45) is 0 Å². The Balaban J connectivity index is 1.81. The van der Waals surface area contributed by atoms with Crippen LogP contribution in [-0.4, -0.2) is 53.1 Å². The van der Waals surface area contributed by atoms with Gasteiger partial charge in [-0.3, -0.25) is 9.69 Å². The summed E-state index contributed by atoms with van der Waals surface area (Å²) in [5.74, 6) is 0.151. The fraction of sp³-hybridized carbons (Fsp3) is 0.667. The second-order valence-corrected chi connectivity index (χ2v) is 6.79. The van der Waals surface area contributed by atoms with Crippen LogP contribution in [0.1, 0.15) is 31.7 Å². The summed E-state index contributed by atoms with van der Waals surface area (Å²) in [5.41, 5.74) is 0.616. The van der Waals surface area contributed by atoms with Gasteiger partial charge in [-0.05, 0) is 55.1 Å². The van der Waals surface area contributed by atoms with Crippen molar-refractivity contribution in [1.29, 1.82) is 0 Å². The summed E-state index contributed by atoms with van der Waals surface area (Å²) >= 11 is 1.66. The quantitative estimate of drug-likeness (QED) is 0.923. The van der Waals surface area contributed by atoms with Gasteiger partial charge in [-0.25, -0.2) is 0 Å².